The minimum atomic E-state index is -0.0889. The van der Waals surface area contributed by atoms with Crippen LogP contribution in [-0.4, -0.2) is 54.4 Å². The molecule has 0 spiro atoms. The Kier molecular flexibility index (Phi) is 8.10. The third-order valence-electron chi connectivity index (χ3n) is 5.70. The Labute approximate surface area is 186 Å². The predicted octanol–water partition coefficient (Wildman–Crippen LogP) is 4.42. The molecule has 1 atom stereocenters. The van der Waals surface area contributed by atoms with E-state index in [1.807, 2.05) is 54.4 Å². The van der Waals surface area contributed by atoms with Crippen molar-refractivity contribution < 1.29 is 14.3 Å². The van der Waals surface area contributed by atoms with Gasteiger partial charge in [-0.1, -0.05) is 56.3 Å². The average Bonchev–Trinajstić information content (AvgIpc) is 2.76. The number of nitrogens with zero attached hydrogens (tertiary/aromatic N) is 2. The molecule has 0 bridgehead atoms. The van der Waals surface area contributed by atoms with E-state index >= 15 is 0 Å². The van der Waals surface area contributed by atoms with Gasteiger partial charge in [0.15, 0.2) is 0 Å². The van der Waals surface area contributed by atoms with Crippen LogP contribution in [0.1, 0.15) is 49.0 Å². The lowest BCUT2D eigenvalue weighted by Gasteiger charge is -2.34. The zero-order chi connectivity index (χ0) is 22.2. The number of benzene rings is 2. The molecule has 1 heterocycles. The number of hydrogen-bond acceptors (Lipinski definition) is 3. The van der Waals surface area contributed by atoms with E-state index in [0.717, 1.165) is 19.3 Å². The zero-order valence-electron chi connectivity index (χ0n) is 18.9. The van der Waals surface area contributed by atoms with Crippen molar-refractivity contribution in [3.63, 3.8) is 0 Å². The van der Waals surface area contributed by atoms with Crippen molar-refractivity contribution in [1.82, 2.24) is 9.80 Å². The highest BCUT2D eigenvalue weighted by Crippen LogP contribution is 2.23. The molecule has 2 aromatic carbocycles. The third kappa shape index (κ3) is 6.33. The van der Waals surface area contributed by atoms with Crippen LogP contribution in [0.25, 0.3) is 0 Å². The molecular weight excluding hydrogens is 388 g/mol. The van der Waals surface area contributed by atoms with E-state index in [9.17, 15) is 9.59 Å². The van der Waals surface area contributed by atoms with Gasteiger partial charge < -0.3 is 14.5 Å². The fourth-order valence-electron chi connectivity index (χ4n) is 4.02. The van der Waals surface area contributed by atoms with Crippen molar-refractivity contribution in [2.24, 2.45) is 5.92 Å². The number of hydrogen-bond donors (Lipinski definition) is 0. The molecule has 2 amide bonds. The van der Waals surface area contributed by atoms with Gasteiger partial charge in [-0.3, -0.25) is 9.59 Å². The van der Waals surface area contributed by atoms with Crippen molar-refractivity contribution in [3.05, 3.63) is 65.7 Å². The van der Waals surface area contributed by atoms with Gasteiger partial charge in [0.2, 0.25) is 5.91 Å². The summed E-state index contributed by atoms with van der Waals surface area (Å²) in [5.74, 6) is 1.03. The van der Waals surface area contributed by atoms with Crippen LogP contribution in [0.15, 0.2) is 54.6 Å². The maximum atomic E-state index is 13.2. The lowest BCUT2D eigenvalue weighted by Crippen LogP contribution is -2.46. The topological polar surface area (TPSA) is 49.9 Å². The van der Waals surface area contributed by atoms with Crippen molar-refractivity contribution >= 4 is 11.8 Å². The molecule has 31 heavy (non-hydrogen) atoms. The second-order valence-electron chi connectivity index (χ2n) is 8.77. The van der Waals surface area contributed by atoms with Gasteiger partial charge in [-0.15, -0.1) is 0 Å². The number of amides is 2. The Bertz CT molecular complexity index is 866. The molecule has 0 unspecified atom stereocenters. The second kappa shape index (κ2) is 11.0. The van der Waals surface area contributed by atoms with Crippen LogP contribution in [0, 0.1) is 5.92 Å². The quantitative estimate of drug-likeness (QED) is 0.733. The SMILES string of the molecule is CC(C)CC(=O)N1CCCCN(C)C(=O)c2ccccc2OC[C@@H]1Cc1ccccc1. The summed E-state index contributed by atoms with van der Waals surface area (Å²) in [5, 5.41) is 0. The number of carbonyl (C=O) groups is 2. The van der Waals surface area contributed by atoms with Crippen LogP contribution in [0.2, 0.25) is 0 Å². The molecule has 0 saturated heterocycles. The standard InChI is InChI=1S/C26H34N2O3/c1-20(2)17-25(29)28-16-10-9-15-27(3)26(30)23-13-7-8-14-24(23)31-19-22(28)18-21-11-5-4-6-12-21/h4-8,11-14,20,22H,9-10,15-19H2,1-3H3/t22-/m0/s1. The first-order valence-corrected chi connectivity index (χ1v) is 11.3. The van der Waals surface area contributed by atoms with E-state index in [4.69, 9.17) is 4.74 Å². The minimum Gasteiger partial charge on any atom is -0.491 e. The predicted molar refractivity (Wildman–Crippen MR) is 123 cm³/mol. The van der Waals surface area contributed by atoms with Crippen molar-refractivity contribution in [2.45, 2.75) is 45.6 Å². The maximum Gasteiger partial charge on any atom is 0.257 e. The minimum absolute atomic E-state index is 0.0245. The van der Waals surface area contributed by atoms with E-state index in [-0.39, 0.29) is 17.9 Å². The summed E-state index contributed by atoms with van der Waals surface area (Å²) in [6, 6.07) is 17.5. The highest BCUT2D eigenvalue weighted by molar-refractivity contribution is 5.96. The molecule has 5 heteroatoms. The summed E-state index contributed by atoms with van der Waals surface area (Å²) in [7, 11) is 1.82. The number of ether oxygens (including phenoxy) is 1. The van der Waals surface area contributed by atoms with Crippen LogP contribution >= 0.6 is 0 Å². The summed E-state index contributed by atoms with van der Waals surface area (Å²) in [6.07, 6.45) is 2.96. The first-order chi connectivity index (χ1) is 15.0. The van der Waals surface area contributed by atoms with E-state index < -0.39 is 0 Å². The Balaban J connectivity index is 1.92. The molecule has 0 aliphatic carbocycles. The van der Waals surface area contributed by atoms with Crippen LogP contribution in [0.5, 0.6) is 5.75 Å². The number of fused-ring (bicyclic) bond motifs is 1. The van der Waals surface area contributed by atoms with Gasteiger partial charge >= 0.3 is 0 Å². The summed E-state index contributed by atoms with van der Waals surface area (Å²) in [6.45, 7) is 5.84. The maximum absolute atomic E-state index is 13.2. The van der Waals surface area contributed by atoms with Crippen molar-refractivity contribution in [1.29, 1.82) is 0 Å². The molecular formula is C26H34N2O3. The summed E-state index contributed by atoms with van der Waals surface area (Å²) in [4.78, 5) is 29.8. The van der Waals surface area contributed by atoms with Gasteiger partial charge in [0, 0.05) is 26.6 Å². The summed E-state index contributed by atoms with van der Waals surface area (Å²) < 4.78 is 6.21. The molecule has 166 valence electrons. The Morgan fingerprint density at radius 2 is 1.71 bits per heavy atom. The van der Waals surface area contributed by atoms with Gasteiger partial charge in [-0.25, -0.2) is 0 Å². The Morgan fingerprint density at radius 1 is 1.03 bits per heavy atom. The van der Waals surface area contributed by atoms with Crippen molar-refractivity contribution in [3.8, 4) is 5.75 Å². The third-order valence-corrected chi connectivity index (χ3v) is 5.70. The normalized spacial score (nSPS) is 18.1. The van der Waals surface area contributed by atoms with Crippen LogP contribution in [-0.2, 0) is 11.2 Å². The molecule has 0 N–H and O–H groups in total. The second-order valence-corrected chi connectivity index (χ2v) is 8.77. The largest absolute Gasteiger partial charge is 0.491 e. The number of carbonyl (C=O) groups excluding carboxylic acids is 2. The fraction of sp³-hybridized carbons (Fsp3) is 0.462. The van der Waals surface area contributed by atoms with E-state index in [1.165, 1.54) is 5.56 Å². The molecule has 0 aromatic heterocycles. The number of para-hydroxylation sites is 1. The van der Waals surface area contributed by atoms with E-state index in [1.54, 1.807) is 4.90 Å². The van der Waals surface area contributed by atoms with Crippen LogP contribution in [0.4, 0.5) is 0 Å². The lowest BCUT2D eigenvalue weighted by molar-refractivity contribution is -0.135. The molecule has 2 aromatic rings. The van der Waals surface area contributed by atoms with Crippen molar-refractivity contribution in [2.75, 3.05) is 26.7 Å². The van der Waals surface area contributed by atoms with Crippen LogP contribution in [0.3, 0.4) is 0 Å². The molecule has 0 fully saturated rings. The first kappa shape index (κ1) is 22.9. The van der Waals surface area contributed by atoms with Gasteiger partial charge in [-0.05, 0) is 42.9 Å². The molecule has 3 rings (SSSR count). The molecule has 0 radical (unpaired) electrons. The molecule has 1 aliphatic heterocycles. The highest BCUT2D eigenvalue weighted by Gasteiger charge is 2.27. The zero-order valence-corrected chi connectivity index (χ0v) is 18.9. The molecule has 0 saturated carbocycles. The van der Waals surface area contributed by atoms with E-state index in [2.05, 4.69) is 26.0 Å². The Hall–Kier alpha value is -2.82. The van der Waals surface area contributed by atoms with Crippen LogP contribution < -0.4 is 4.74 Å². The smallest absolute Gasteiger partial charge is 0.257 e. The molecule has 5 nitrogen and oxygen atoms in total. The summed E-state index contributed by atoms with van der Waals surface area (Å²) >= 11 is 0. The van der Waals surface area contributed by atoms with Gasteiger partial charge in [-0.2, -0.15) is 0 Å². The van der Waals surface area contributed by atoms with Gasteiger partial charge in [0.25, 0.3) is 5.91 Å². The molecule has 1 aliphatic rings. The summed E-state index contributed by atoms with van der Waals surface area (Å²) in [5.41, 5.74) is 1.75. The Morgan fingerprint density at radius 3 is 2.45 bits per heavy atom. The first-order valence-electron chi connectivity index (χ1n) is 11.3. The van der Waals surface area contributed by atoms with Gasteiger partial charge in [0.05, 0.1) is 11.6 Å². The fourth-order valence-corrected chi connectivity index (χ4v) is 4.02. The average molecular weight is 423 g/mol. The number of rotatable bonds is 4. The lowest BCUT2D eigenvalue weighted by atomic mass is 10.0. The van der Waals surface area contributed by atoms with E-state index in [0.29, 0.717) is 43.3 Å². The monoisotopic (exact) mass is 422 g/mol. The van der Waals surface area contributed by atoms with Gasteiger partial charge in [0.1, 0.15) is 12.4 Å². The highest BCUT2D eigenvalue weighted by atomic mass is 16.5.